The van der Waals surface area contributed by atoms with Crippen LogP contribution in [0.25, 0.3) is 0 Å². The number of morpholine rings is 1. The lowest BCUT2D eigenvalue weighted by Crippen LogP contribution is -2.49. The van der Waals surface area contributed by atoms with Gasteiger partial charge in [0.15, 0.2) is 0 Å². The van der Waals surface area contributed by atoms with Crippen LogP contribution in [0.4, 0.5) is 0 Å². The summed E-state index contributed by atoms with van der Waals surface area (Å²) in [5, 5.41) is 9.62. The van der Waals surface area contributed by atoms with Gasteiger partial charge in [-0.15, -0.1) is 0 Å². The van der Waals surface area contributed by atoms with Crippen LogP contribution in [0.1, 0.15) is 34.1 Å². The van der Waals surface area contributed by atoms with Crippen LogP contribution in [0.5, 0.6) is 0 Å². The Morgan fingerprint density at radius 2 is 2.07 bits per heavy atom. The van der Waals surface area contributed by atoms with Crippen molar-refractivity contribution in [2.24, 2.45) is 0 Å². The molecule has 14 heavy (non-hydrogen) atoms. The highest BCUT2D eigenvalue weighted by atomic mass is 16.5. The van der Waals surface area contributed by atoms with Crippen LogP contribution < -0.4 is 0 Å². The van der Waals surface area contributed by atoms with Crippen LogP contribution in [0.2, 0.25) is 0 Å². The van der Waals surface area contributed by atoms with Crippen molar-refractivity contribution in [2.75, 3.05) is 26.2 Å². The lowest BCUT2D eigenvalue weighted by Gasteiger charge is -2.38. The molecule has 0 radical (unpaired) electrons. The predicted octanol–water partition coefficient (Wildman–Crippen LogP) is 1.26. The van der Waals surface area contributed by atoms with Crippen LogP contribution >= 0.6 is 0 Å². The second-order valence-electron chi connectivity index (χ2n) is 5.45. The van der Waals surface area contributed by atoms with Gasteiger partial charge in [-0.05, 0) is 34.1 Å². The molecule has 1 heterocycles. The molecular formula is C11H23NO2. The van der Waals surface area contributed by atoms with Gasteiger partial charge in [-0.3, -0.25) is 4.90 Å². The van der Waals surface area contributed by atoms with Gasteiger partial charge in [-0.25, -0.2) is 0 Å². The number of nitrogens with zero attached hydrogens (tertiary/aromatic N) is 1. The second-order valence-corrected chi connectivity index (χ2v) is 5.45. The van der Waals surface area contributed by atoms with Gasteiger partial charge in [0, 0.05) is 19.6 Å². The highest BCUT2D eigenvalue weighted by Crippen LogP contribution is 2.18. The summed E-state index contributed by atoms with van der Waals surface area (Å²) in [6, 6.07) is 0. The van der Waals surface area contributed by atoms with Crippen molar-refractivity contribution in [1.82, 2.24) is 4.90 Å². The predicted molar refractivity (Wildman–Crippen MR) is 57.4 cm³/mol. The third kappa shape index (κ3) is 4.40. The molecule has 1 rings (SSSR count). The van der Waals surface area contributed by atoms with E-state index in [9.17, 15) is 5.11 Å². The minimum Gasteiger partial charge on any atom is -0.390 e. The van der Waals surface area contributed by atoms with Crippen LogP contribution in [0.15, 0.2) is 0 Å². The second kappa shape index (κ2) is 4.17. The molecule has 1 fully saturated rings. The molecule has 1 N–H and O–H groups in total. The monoisotopic (exact) mass is 201 g/mol. The summed E-state index contributed by atoms with van der Waals surface area (Å²) < 4.78 is 5.62. The number of aliphatic hydroxyl groups is 1. The van der Waals surface area contributed by atoms with E-state index in [-0.39, 0.29) is 5.60 Å². The first-order chi connectivity index (χ1) is 6.29. The maximum atomic E-state index is 9.62. The van der Waals surface area contributed by atoms with Crippen molar-refractivity contribution in [3.05, 3.63) is 0 Å². The van der Waals surface area contributed by atoms with E-state index >= 15 is 0 Å². The fourth-order valence-corrected chi connectivity index (χ4v) is 1.74. The van der Waals surface area contributed by atoms with E-state index in [0.29, 0.717) is 0 Å². The van der Waals surface area contributed by atoms with Crippen LogP contribution in [-0.4, -0.2) is 47.4 Å². The Bertz CT molecular complexity index is 184. The van der Waals surface area contributed by atoms with Gasteiger partial charge < -0.3 is 9.84 Å². The zero-order valence-corrected chi connectivity index (χ0v) is 9.84. The van der Waals surface area contributed by atoms with E-state index in [1.165, 1.54) is 0 Å². The molecule has 0 aromatic carbocycles. The Morgan fingerprint density at radius 3 is 2.57 bits per heavy atom. The first-order valence-electron chi connectivity index (χ1n) is 5.37. The zero-order valence-electron chi connectivity index (χ0n) is 9.84. The SMILES string of the molecule is CC(C)(O)CCN1CCOC(C)(C)C1. The van der Waals surface area contributed by atoms with E-state index in [1.807, 2.05) is 13.8 Å². The summed E-state index contributed by atoms with van der Waals surface area (Å²) >= 11 is 0. The molecule has 0 spiro atoms. The normalized spacial score (nSPS) is 23.8. The minimum atomic E-state index is -0.553. The standard InChI is InChI=1S/C11H23NO2/c1-10(2,13)5-6-12-7-8-14-11(3,4)9-12/h13H,5-9H2,1-4H3. The summed E-state index contributed by atoms with van der Waals surface area (Å²) in [5.41, 5.74) is -0.583. The molecule has 1 saturated heterocycles. The van der Waals surface area contributed by atoms with E-state index in [0.717, 1.165) is 32.7 Å². The summed E-state index contributed by atoms with van der Waals surface area (Å²) in [4.78, 5) is 2.36. The molecule has 1 aliphatic rings. The lowest BCUT2D eigenvalue weighted by molar-refractivity contribution is -0.0899. The van der Waals surface area contributed by atoms with Crippen molar-refractivity contribution in [3.8, 4) is 0 Å². The third-order valence-corrected chi connectivity index (χ3v) is 2.54. The van der Waals surface area contributed by atoms with Crippen molar-refractivity contribution in [1.29, 1.82) is 0 Å². The van der Waals surface area contributed by atoms with Crippen molar-refractivity contribution >= 4 is 0 Å². The smallest absolute Gasteiger partial charge is 0.0753 e. The molecule has 84 valence electrons. The van der Waals surface area contributed by atoms with E-state index in [4.69, 9.17) is 4.74 Å². The molecule has 0 aromatic heterocycles. The van der Waals surface area contributed by atoms with Crippen molar-refractivity contribution in [2.45, 2.75) is 45.3 Å². The Morgan fingerprint density at radius 1 is 1.43 bits per heavy atom. The molecule has 1 aliphatic heterocycles. The molecule has 0 atom stereocenters. The molecular weight excluding hydrogens is 178 g/mol. The lowest BCUT2D eigenvalue weighted by atomic mass is 10.0. The Kier molecular flexibility index (Phi) is 3.56. The van der Waals surface area contributed by atoms with Gasteiger partial charge in [-0.2, -0.15) is 0 Å². The van der Waals surface area contributed by atoms with Gasteiger partial charge in [0.25, 0.3) is 0 Å². The fraction of sp³-hybridized carbons (Fsp3) is 1.00. The first kappa shape index (κ1) is 12.0. The van der Waals surface area contributed by atoms with Gasteiger partial charge in [0.05, 0.1) is 17.8 Å². The average Bonchev–Trinajstić information content (AvgIpc) is 1.98. The zero-order chi connectivity index (χ0) is 10.8. The van der Waals surface area contributed by atoms with Gasteiger partial charge in [-0.1, -0.05) is 0 Å². The average molecular weight is 201 g/mol. The van der Waals surface area contributed by atoms with Gasteiger partial charge >= 0.3 is 0 Å². The number of rotatable bonds is 3. The molecule has 3 heteroatoms. The van der Waals surface area contributed by atoms with E-state index < -0.39 is 5.60 Å². The van der Waals surface area contributed by atoms with Crippen molar-refractivity contribution in [3.63, 3.8) is 0 Å². The highest BCUT2D eigenvalue weighted by Gasteiger charge is 2.27. The number of ether oxygens (including phenoxy) is 1. The maximum Gasteiger partial charge on any atom is 0.0753 e. The minimum absolute atomic E-state index is 0.0299. The summed E-state index contributed by atoms with van der Waals surface area (Å²) in [7, 11) is 0. The molecule has 0 aromatic rings. The third-order valence-electron chi connectivity index (χ3n) is 2.54. The first-order valence-corrected chi connectivity index (χ1v) is 5.37. The molecule has 0 saturated carbocycles. The summed E-state index contributed by atoms with van der Waals surface area (Å²) in [6.07, 6.45) is 0.822. The van der Waals surface area contributed by atoms with Crippen LogP contribution in [-0.2, 0) is 4.74 Å². The highest BCUT2D eigenvalue weighted by molar-refractivity contribution is 4.80. The quantitative estimate of drug-likeness (QED) is 0.746. The molecule has 0 bridgehead atoms. The van der Waals surface area contributed by atoms with Crippen molar-refractivity contribution < 1.29 is 9.84 Å². The molecule has 0 amide bonds. The fourth-order valence-electron chi connectivity index (χ4n) is 1.74. The topological polar surface area (TPSA) is 32.7 Å². The van der Waals surface area contributed by atoms with Gasteiger partial charge in [0.2, 0.25) is 0 Å². The number of hydrogen-bond acceptors (Lipinski definition) is 3. The van der Waals surface area contributed by atoms with E-state index in [1.54, 1.807) is 0 Å². The molecule has 3 nitrogen and oxygen atoms in total. The molecule has 0 aliphatic carbocycles. The van der Waals surface area contributed by atoms with E-state index in [2.05, 4.69) is 18.7 Å². The Balaban J connectivity index is 2.32. The maximum absolute atomic E-state index is 9.62. The molecule has 0 unspecified atom stereocenters. The van der Waals surface area contributed by atoms with Crippen LogP contribution in [0.3, 0.4) is 0 Å². The largest absolute Gasteiger partial charge is 0.390 e. The Labute approximate surface area is 87.1 Å². The Hall–Kier alpha value is -0.120. The van der Waals surface area contributed by atoms with Gasteiger partial charge in [0.1, 0.15) is 0 Å². The summed E-state index contributed by atoms with van der Waals surface area (Å²) in [5.74, 6) is 0. The summed E-state index contributed by atoms with van der Waals surface area (Å²) in [6.45, 7) is 11.7. The van der Waals surface area contributed by atoms with Crippen LogP contribution in [0, 0.1) is 0 Å². The number of hydrogen-bond donors (Lipinski definition) is 1.